The molecule has 4 aliphatic carbocycles. The lowest BCUT2D eigenvalue weighted by Crippen LogP contribution is -2.69. The van der Waals surface area contributed by atoms with Gasteiger partial charge in [0.1, 0.15) is 5.67 Å². The van der Waals surface area contributed by atoms with Crippen molar-refractivity contribution in [3.8, 4) is 0 Å². The summed E-state index contributed by atoms with van der Waals surface area (Å²) in [6, 6.07) is 0. The summed E-state index contributed by atoms with van der Waals surface area (Å²) in [5.41, 5.74) is -5.60. The smallest absolute Gasteiger partial charge is 0.336 e. The molecule has 3 unspecified atom stereocenters. The van der Waals surface area contributed by atoms with Crippen molar-refractivity contribution in [1.82, 2.24) is 0 Å². The van der Waals surface area contributed by atoms with E-state index in [1.165, 1.54) is 0 Å². The molecule has 0 saturated heterocycles. The summed E-state index contributed by atoms with van der Waals surface area (Å²) in [5.74, 6) is -3.00. The third kappa shape index (κ3) is 2.00. The van der Waals surface area contributed by atoms with Crippen LogP contribution in [-0.4, -0.2) is 44.4 Å². The Hall–Kier alpha value is -0.980. The van der Waals surface area contributed by atoms with Gasteiger partial charge in [-0.05, 0) is 49.5 Å². The number of allylic oxidation sites excluding steroid dienone is 1. The maximum Gasteiger partial charge on any atom is 0.336 e. The number of aliphatic carboxylic acids is 1. The highest BCUT2D eigenvalue weighted by Crippen LogP contribution is 2.71. The molecule has 0 aromatic rings. The number of alkyl halides is 1. The predicted molar refractivity (Wildman–Crippen MR) is 100 cm³/mol. The first kappa shape index (κ1) is 20.3. The standard InChI is InChI=1S/C21H28ClFO5/c1-10-8-13-11-4-5-12-16(22)14(24)6-7-18(12,2)20(11,23)15(25)9-19(13,3)21(10,28)17(26)27/h10-11,13,15,25,28H,4-9H2,1-3H3,(H,26,27)/t10?,11-,13-,15?,18-,19-,20+,21?/m0/s1. The van der Waals surface area contributed by atoms with Gasteiger partial charge in [-0.25, -0.2) is 9.18 Å². The summed E-state index contributed by atoms with van der Waals surface area (Å²) in [7, 11) is 0. The third-order valence-corrected chi connectivity index (χ3v) is 9.48. The Morgan fingerprint density at radius 3 is 2.50 bits per heavy atom. The van der Waals surface area contributed by atoms with Crippen LogP contribution in [0.3, 0.4) is 0 Å². The van der Waals surface area contributed by atoms with Crippen molar-refractivity contribution in [2.24, 2.45) is 28.6 Å². The number of carbonyl (C=O) groups excluding carboxylic acids is 1. The van der Waals surface area contributed by atoms with Crippen LogP contribution in [0.5, 0.6) is 0 Å². The monoisotopic (exact) mass is 414 g/mol. The molecule has 0 radical (unpaired) electrons. The van der Waals surface area contributed by atoms with Crippen LogP contribution in [0.1, 0.15) is 59.3 Å². The minimum atomic E-state index is -2.00. The molecule has 3 N–H and O–H groups in total. The number of rotatable bonds is 1. The fourth-order valence-corrected chi connectivity index (χ4v) is 7.85. The highest BCUT2D eigenvalue weighted by molar-refractivity contribution is 6.43. The van der Waals surface area contributed by atoms with Crippen LogP contribution in [0, 0.1) is 28.6 Å². The number of aliphatic hydroxyl groups is 2. The summed E-state index contributed by atoms with van der Waals surface area (Å²) in [6.07, 6.45) is 0.0793. The van der Waals surface area contributed by atoms with Gasteiger partial charge in [-0.3, -0.25) is 4.79 Å². The number of fused-ring (bicyclic) bond motifs is 5. The van der Waals surface area contributed by atoms with Crippen LogP contribution in [0.2, 0.25) is 0 Å². The molecule has 0 spiro atoms. The third-order valence-electron chi connectivity index (χ3n) is 9.04. The number of aliphatic hydroxyl groups excluding tert-OH is 1. The molecule has 5 nitrogen and oxygen atoms in total. The summed E-state index contributed by atoms with van der Waals surface area (Å²) in [5, 5.41) is 32.2. The molecule has 8 atom stereocenters. The van der Waals surface area contributed by atoms with E-state index in [2.05, 4.69) is 0 Å². The number of carboxylic acids is 1. The molecule has 7 heteroatoms. The average Bonchev–Trinajstić information content (AvgIpc) is 2.82. The lowest BCUT2D eigenvalue weighted by molar-refractivity contribution is -0.233. The molecule has 156 valence electrons. The Balaban J connectivity index is 1.86. The molecule has 0 aromatic carbocycles. The van der Waals surface area contributed by atoms with Crippen molar-refractivity contribution in [3.63, 3.8) is 0 Å². The Kier molecular flexibility index (Phi) is 4.20. The van der Waals surface area contributed by atoms with Gasteiger partial charge in [-0.1, -0.05) is 32.4 Å². The molecule has 0 bridgehead atoms. The van der Waals surface area contributed by atoms with E-state index >= 15 is 4.39 Å². The molecule has 3 saturated carbocycles. The van der Waals surface area contributed by atoms with E-state index < -0.39 is 46.0 Å². The lowest BCUT2D eigenvalue weighted by Gasteiger charge is -2.63. The normalized spacial score (nSPS) is 53.5. The first-order chi connectivity index (χ1) is 12.9. The van der Waals surface area contributed by atoms with Gasteiger partial charge in [0.25, 0.3) is 0 Å². The van der Waals surface area contributed by atoms with E-state index in [-0.39, 0.29) is 36.0 Å². The Morgan fingerprint density at radius 1 is 1.25 bits per heavy atom. The Bertz CT molecular complexity index is 798. The Labute approximate surface area is 168 Å². The molecule has 0 amide bonds. The van der Waals surface area contributed by atoms with Gasteiger partial charge in [0.05, 0.1) is 11.1 Å². The number of Topliss-reactive ketones (excluding diaryl/α,β-unsaturated/α-hetero) is 1. The average molecular weight is 415 g/mol. The number of hydrogen-bond donors (Lipinski definition) is 3. The SMILES string of the molecule is CC1C[C@H]2[C@@H]3CCC4=C(Cl)C(=O)CC[C@]4(C)[C@]3(F)C(O)C[C@]2(C)C1(O)C(=O)O. The van der Waals surface area contributed by atoms with Crippen LogP contribution in [0.4, 0.5) is 4.39 Å². The molecule has 0 aromatic heterocycles. The molecule has 28 heavy (non-hydrogen) atoms. The fourth-order valence-electron chi connectivity index (χ4n) is 7.45. The van der Waals surface area contributed by atoms with E-state index in [1.807, 2.05) is 0 Å². The maximum atomic E-state index is 16.9. The van der Waals surface area contributed by atoms with E-state index in [1.54, 1.807) is 20.8 Å². The van der Waals surface area contributed by atoms with Crippen molar-refractivity contribution in [2.75, 3.05) is 0 Å². The first-order valence-electron chi connectivity index (χ1n) is 10.1. The van der Waals surface area contributed by atoms with E-state index in [4.69, 9.17) is 11.6 Å². The van der Waals surface area contributed by atoms with Gasteiger partial charge in [-0.2, -0.15) is 0 Å². The number of ketones is 1. The van der Waals surface area contributed by atoms with E-state index in [0.717, 1.165) is 0 Å². The number of carbonyl (C=O) groups is 2. The van der Waals surface area contributed by atoms with Gasteiger partial charge in [-0.15, -0.1) is 0 Å². The summed E-state index contributed by atoms with van der Waals surface area (Å²) in [4.78, 5) is 24.1. The fraction of sp³-hybridized carbons (Fsp3) is 0.810. The molecule has 0 aliphatic heterocycles. The van der Waals surface area contributed by atoms with E-state index in [0.29, 0.717) is 24.8 Å². The Morgan fingerprint density at radius 2 is 1.89 bits per heavy atom. The largest absolute Gasteiger partial charge is 0.479 e. The van der Waals surface area contributed by atoms with E-state index in [9.17, 15) is 24.9 Å². The number of hydrogen-bond acceptors (Lipinski definition) is 4. The highest BCUT2D eigenvalue weighted by Gasteiger charge is 2.76. The minimum Gasteiger partial charge on any atom is -0.479 e. The van der Waals surface area contributed by atoms with Crippen molar-refractivity contribution in [3.05, 3.63) is 10.6 Å². The molecule has 4 rings (SSSR count). The predicted octanol–water partition coefficient (Wildman–Crippen LogP) is 3.21. The second-order valence-electron chi connectivity index (χ2n) is 9.91. The maximum absolute atomic E-state index is 16.9. The zero-order valence-electron chi connectivity index (χ0n) is 16.5. The van der Waals surface area contributed by atoms with Crippen LogP contribution < -0.4 is 0 Å². The van der Waals surface area contributed by atoms with Crippen LogP contribution in [0.25, 0.3) is 0 Å². The van der Waals surface area contributed by atoms with Crippen LogP contribution in [0.15, 0.2) is 10.6 Å². The topological polar surface area (TPSA) is 94.8 Å². The lowest BCUT2D eigenvalue weighted by atomic mass is 9.44. The van der Waals surface area contributed by atoms with Gasteiger partial charge < -0.3 is 15.3 Å². The summed E-state index contributed by atoms with van der Waals surface area (Å²) in [6.45, 7) is 5.12. The van der Waals surface area contributed by atoms with Crippen molar-refractivity contribution in [2.45, 2.75) is 76.7 Å². The highest BCUT2D eigenvalue weighted by atomic mass is 35.5. The minimum absolute atomic E-state index is 0.103. The molecular weight excluding hydrogens is 387 g/mol. The van der Waals surface area contributed by atoms with Crippen molar-refractivity contribution >= 4 is 23.4 Å². The zero-order chi connectivity index (χ0) is 20.9. The van der Waals surface area contributed by atoms with Gasteiger partial charge >= 0.3 is 5.97 Å². The second-order valence-corrected chi connectivity index (χ2v) is 10.3. The quantitative estimate of drug-likeness (QED) is 0.612. The zero-order valence-corrected chi connectivity index (χ0v) is 17.2. The molecule has 3 fully saturated rings. The van der Waals surface area contributed by atoms with Crippen molar-refractivity contribution in [1.29, 1.82) is 0 Å². The van der Waals surface area contributed by atoms with Gasteiger partial charge in [0.2, 0.25) is 0 Å². The second kappa shape index (κ2) is 5.79. The van der Waals surface area contributed by atoms with Gasteiger partial charge in [0, 0.05) is 23.2 Å². The summed E-state index contributed by atoms with van der Waals surface area (Å²) < 4.78 is 16.9. The number of carboxylic acid groups (broad SMARTS) is 1. The van der Waals surface area contributed by atoms with Crippen LogP contribution in [-0.2, 0) is 9.59 Å². The molecule has 4 aliphatic rings. The number of halogens is 2. The summed E-state index contributed by atoms with van der Waals surface area (Å²) >= 11 is 6.28. The first-order valence-corrected chi connectivity index (χ1v) is 10.5. The molecular formula is C21H28ClFO5. The molecule has 0 heterocycles. The van der Waals surface area contributed by atoms with Crippen molar-refractivity contribution < 1.29 is 29.3 Å². The van der Waals surface area contributed by atoms with Crippen LogP contribution >= 0.6 is 11.6 Å². The van der Waals surface area contributed by atoms with Gasteiger partial charge in [0.15, 0.2) is 11.4 Å².